The first-order valence-corrected chi connectivity index (χ1v) is 8.96. The summed E-state index contributed by atoms with van der Waals surface area (Å²) in [6.07, 6.45) is 2.02. The highest BCUT2D eigenvalue weighted by atomic mass is 16.6. The third-order valence-corrected chi connectivity index (χ3v) is 5.39. The monoisotopic (exact) mass is 362 g/mol. The summed E-state index contributed by atoms with van der Waals surface area (Å²) in [4.78, 5) is 34.3. The number of carbonyl (C=O) groups excluding carboxylic acids is 1. The van der Waals surface area contributed by atoms with Crippen molar-refractivity contribution in [1.82, 2.24) is 5.32 Å². The summed E-state index contributed by atoms with van der Waals surface area (Å²) < 4.78 is 0. The molecule has 2 unspecified atom stereocenters. The van der Waals surface area contributed by atoms with Crippen molar-refractivity contribution in [3.63, 3.8) is 0 Å². The number of hydrogen-bond acceptors (Lipinski definition) is 4. The molecule has 142 valence electrons. The van der Waals surface area contributed by atoms with Gasteiger partial charge in [-0.25, -0.2) is 0 Å². The maximum Gasteiger partial charge on any atom is 0.306 e. The van der Waals surface area contributed by atoms with Crippen molar-refractivity contribution >= 4 is 11.9 Å². The van der Waals surface area contributed by atoms with E-state index < -0.39 is 23.5 Å². The molecule has 1 fully saturated rings. The van der Waals surface area contributed by atoms with Crippen LogP contribution in [0.15, 0.2) is 30.3 Å². The van der Waals surface area contributed by atoms with Crippen LogP contribution in [0.4, 0.5) is 0 Å². The largest absolute Gasteiger partial charge is 0.481 e. The second-order valence-electron chi connectivity index (χ2n) is 7.28. The minimum atomic E-state index is -1.07. The van der Waals surface area contributed by atoms with E-state index in [0.29, 0.717) is 6.42 Å². The predicted molar refractivity (Wildman–Crippen MR) is 96.2 cm³/mol. The van der Waals surface area contributed by atoms with Crippen LogP contribution in [0.5, 0.6) is 0 Å². The molecular weight excluding hydrogens is 336 g/mol. The molecule has 0 aromatic heterocycles. The van der Waals surface area contributed by atoms with Gasteiger partial charge < -0.3 is 10.4 Å². The minimum absolute atomic E-state index is 0.0855. The number of carbonyl (C=O) groups is 2. The highest BCUT2D eigenvalue weighted by Gasteiger charge is 2.58. The summed E-state index contributed by atoms with van der Waals surface area (Å²) in [7, 11) is 0. The molecule has 1 aromatic carbocycles. The van der Waals surface area contributed by atoms with Crippen molar-refractivity contribution in [1.29, 1.82) is 0 Å². The van der Waals surface area contributed by atoms with Gasteiger partial charge in [0.1, 0.15) is 5.54 Å². The highest BCUT2D eigenvalue weighted by molar-refractivity contribution is 5.76. The number of nitrogens with one attached hydrogen (secondary N) is 1. The number of carboxylic acids is 1. The molecular formula is C19H26N2O5. The van der Waals surface area contributed by atoms with Gasteiger partial charge in [0.25, 0.3) is 0 Å². The summed E-state index contributed by atoms with van der Waals surface area (Å²) in [6.45, 7) is 3.31. The van der Waals surface area contributed by atoms with E-state index in [9.17, 15) is 19.7 Å². The standard InChI is InChI=1S/C19H26N2O5/c1-3-14(9-15-7-5-4-6-8-15)10-17(21(25)26)19(20-13(2)22)11-16(12-19)18(23)24/h4-8,14,16-17H,3,9-12H2,1-2H3,(H,20,22)(H,23,24). The van der Waals surface area contributed by atoms with Crippen LogP contribution in [0.25, 0.3) is 0 Å². The zero-order valence-electron chi connectivity index (χ0n) is 15.2. The Morgan fingerprint density at radius 3 is 2.42 bits per heavy atom. The number of hydrogen-bond donors (Lipinski definition) is 2. The molecule has 1 saturated carbocycles. The zero-order valence-corrected chi connectivity index (χ0v) is 15.2. The second-order valence-corrected chi connectivity index (χ2v) is 7.28. The normalized spacial score (nSPS) is 24.2. The Kier molecular flexibility index (Phi) is 6.34. The lowest BCUT2D eigenvalue weighted by Crippen LogP contribution is -2.67. The first-order valence-electron chi connectivity index (χ1n) is 8.96. The molecule has 1 aliphatic carbocycles. The lowest BCUT2D eigenvalue weighted by Gasteiger charge is -2.47. The number of aliphatic carboxylic acids is 1. The summed E-state index contributed by atoms with van der Waals surface area (Å²) in [5.41, 5.74) is 0.0507. The third-order valence-electron chi connectivity index (χ3n) is 5.39. The van der Waals surface area contributed by atoms with Crippen molar-refractivity contribution in [3.05, 3.63) is 46.0 Å². The molecule has 2 N–H and O–H groups in total. The second kappa shape index (κ2) is 8.29. The SMILES string of the molecule is CCC(Cc1ccccc1)CC([N+](=O)[O-])C1(NC(C)=O)CC(C(=O)O)C1. The maximum atomic E-state index is 11.8. The molecule has 0 heterocycles. The molecule has 26 heavy (non-hydrogen) atoms. The van der Waals surface area contributed by atoms with Crippen molar-refractivity contribution in [2.75, 3.05) is 0 Å². The van der Waals surface area contributed by atoms with Gasteiger partial charge >= 0.3 is 5.97 Å². The molecule has 1 aromatic rings. The number of amides is 1. The Hall–Kier alpha value is -2.44. The number of carboxylic acid groups (broad SMARTS) is 1. The van der Waals surface area contributed by atoms with Crippen molar-refractivity contribution in [2.45, 2.75) is 57.5 Å². The van der Waals surface area contributed by atoms with Gasteiger partial charge in [-0.15, -0.1) is 0 Å². The Labute approximate surface area is 152 Å². The Morgan fingerprint density at radius 1 is 1.35 bits per heavy atom. The van der Waals surface area contributed by atoms with Crippen LogP contribution < -0.4 is 5.32 Å². The van der Waals surface area contributed by atoms with E-state index >= 15 is 0 Å². The summed E-state index contributed by atoms with van der Waals surface area (Å²) >= 11 is 0. The fourth-order valence-corrected chi connectivity index (χ4v) is 3.97. The van der Waals surface area contributed by atoms with Crippen LogP contribution in [-0.4, -0.2) is 33.5 Å². The number of benzene rings is 1. The summed E-state index contributed by atoms with van der Waals surface area (Å²) in [5.74, 6) is -1.89. The van der Waals surface area contributed by atoms with E-state index in [4.69, 9.17) is 5.11 Å². The van der Waals surface area contributed by atoms with Gasteiger partial charge in [0, 0.05) is 18.3 Å². The Balaban J connectivity index is 2.17. The topological polar surface area (TPSA) is 110 Å². The van der Waals surface area contributed by atoms with Gasteiger partial charge in [0.05, 0.1) is 5.92 Å². The van der Waals surface area contributed by atoms with Crippen molar-refractivity contribution < 1.29 is 19.6 Å². The van der Waals surface area contributed by atoms with Crippen LogP contribution in [0.1, 0.15) is 45.1 Å². The molecule has 0 bridgehead atoms. The van der Waals surface area contributed by atoms with Gasteiger partial charge in [-0.3, -0.25) is 19.7 Å². The molecule has 2 rings (SSSR count). The minimum Gasteiger partial charge on any atom is -0.481 e. The van der Waals surface area contributed by atoms with Crippen LogP contribution in [0.3, 0.4) is 0 Å². The van der Waals surface area contributed by atoms with E-state index in [2.05, 4.69) is 5.32 Å². The third kappa shape index (κ3) is 4.59. The summed E-state index contributed by atoms with van der Waals surface area (Å²) in [5, 5.41) is 23.7. The lowest BCUT2D eigenvalue weighted by molar-refractivity contribution is -0.541. The fourth-order valence-electron chi connectivity index (χ4n) is 3.97. The number of nitrogens with zero attached hydrogens (tertiary/aromatic N) is 1. The molecule has 2 atom stereocenters. The van der Waals surface area contributed by atoms with Gasteiger partial charge in [0.15, 0.2) is 0 Å². The van der Waals surface area contributed by atoms with Gasteiger partial charge in [-0.05, 0) is 30.7 Å². The van der Waals surface area contributed by atoms with Crippen LogP contribution in [0.2, 0.25) is 0 Å². The number of rotatable bonds is 9. The Bertz CT molecular complexity index is 655. The highest BCUT2D eigenvalue weighted by Crippen LogP contribution is 2.43. The quantitative estimate of drug-likeness (QED) is 0.518. The average Bonchev–Trinajstić information content (AvgIpc) is 2.54. The van der Waals surface area contributed by atoms with E-state index in [1.165, 1.54) is 6.92 Å². The van der Waals surface area contributed by atoms with Crippen molar-refractivity contribution in [2.24, 2.45) is 11.8 Å². The van der Waals surface area contributed by atoms with Gasteiger partial charge in [-0.2, -0.15) is 0 Å². The van der Waals surface area contributed by atoms with Crippen LogP contribution in [0, 0.1) is 22.0 Å². The average molecular weight is 362 g/mol. The molecule has 7 heteroatoms. The molecule has 7 nitrogen and oxygen atoms in total. The molecule has 0 aliphatic heterocycles. The first-order chi connectivity index (χ1) is 12.3. The predicted octanol–water partition coefficient (Wildman–Crippen LogP) is 2.66. The molecule has 0 spiro atoms. The van der Waals surface area contributed by atoms with Gasteiger partial charge in [-0.1, -0.05) is 43.7 Å². The molecule has 1 aliphatic rings. The zero-order chi connectivity index (χ0) is 19.3. The lowest BCUT2D eigenvalue weighted by atomic mass is 9.62. The van der Waals surface area contributed by atoms with E-state index in [0.717, 1.165) is 18.4 Å². The molecule has 0 saturated heterocycles. The first kappa shape index (κ1) is 19.9. The summed E-state index contributed by atoms with van der Waals surface area (Å²) in [6, 6.07) is 8.81. The van der Waals surface area contributed by atoms with E-state index in [1.807, 2.05) is 37.3 Å². The Morgan fingerprint density at radius 2 is 1.96 bits per heavy atom. The smallest absolute Gasteiger partial charge is 0.306 e. The van der Waals surface area contributed by atoms with E-state index in [1.54, 1.807) is 0 Å². The maximum absolute atomic E-state index is 11.8. The molecule has 0 radical (unpaired) electrons. The fraction of sp³-hybridized carbons (Fsp3) is 0.579. The van der Waals surface area contributed by atoms with E-state index in [-0.39, 0.29) is 29.6 Å². The number of nitro groups is 1. The van der Waals surface area contributed by atoms with Crippen LogP contribution >= 0.6 is 0 Å². The van der Waals surface area contributed by atoms with Gasteiger partial charge in [0.2, 0.25) is 11.9 Å². The van der Waals surface area contributed by atoms with Crippen LogP contribution in [-0.2, 0) is 16.0 Å². The molecule has 1 amide bonds. The van der Waals surface area contributed by atoms with Crippen molar-refractivity contribution in [3.8, 4) is 0 Å².